The van der Waals surface area contributed by atoms with E-state index in [-0.39, 0.29) is 11.7 Å². The third kappa shape index (κ3) is 4.85. The number of esters is 1. The molecule has 0 fully saturated rings. The minimum absolute atomic E-state index is 0.301. The third-order valence-electron chi connectivity index (χ3n) is 1.52. The highest BCUT2D eigenvalue weighted by molar-refractivity contribution is 5.75. The maximum Gasteiger partial charge on any atom is 0.325 e. The second-order valence-corrected chi connectivity index (χ2v) is 3.98. The predicted molar refractivity (Wildman–Crippen MR) is 50.3 cm³/mol. The van der Waals surface area contributed by atoms with Crippen molar-refractivity contribution < 1.29 is 14.3 Å². The van der Waals surface area contributed by atoms with E-state index in [0.29, 0.717) is 0 Å². The standard InChI is InChI=1S/C9H19NO3/c1-6(13-9(2,3)4)7(10)8(11)12-5/h6-7H,10H2,1-5H3/t6?,7-/m0/s1. The minimum atomic E-state index is -0.718. The van der Waals surface area contributed by atoms with Crippen LogP contribution in [0.25, 0.3) is 0 Å². The number of methoxy groups -OCH3 is 1. The van der Waals surface area contributed by atoms with Gasteiger partial charge in [-0.2, -0.15) is 0 Å². The van der Waals surface area contributed by atoms with Crippen LogP contribution in [-0.4, -0.2) is 30.8 Å². The number of carbonyl (C=O) groups excluding carboxylic acids is 1. The lowest BCUT2D eigenvalue weighted by molar-refractivity contribution is -0.149. The fraction of sp³-hybridized carbons (Fsp3) is 0.889. The topological polar surface area (TPSA) is 61.5 Å². The van der Waals surface area contributed by atoms with Crippen molar-refractivity contribution in [2.45, 2.75) is 45.4 Å². The Labute approximate surface area is 79.4 Å². The normalized spacial score (nSPS) is 16.5. The lowest BCUT2D eigenvalue weighted by atomic mass is 10.1. The minimum Gasteiger partial charge on any atom is -0.468 e. The van der Waals surface area contributed by atoms with Crippen molar-refractivity contribution in [3.63, 3.8) is 0 Å². The van der Waals surface area contributed by atoms with Gasteiger partial charge in [-0.25, -0.2) is 0 Å². The van der Waals surface area contributed by atoms with Crippen molar-refractivity contribution in [3.8, 4) is 0 Å². The smallest absolute Gasteiger partial charge is 0.325 e. The first-order valence-electron chi connectivity index (χ1n) is 4.29. The molecule has 13 heavy (non-hydrogen) atoms. The van der Waals surface area contributed by atoms with Gasteiger partial charge in [-0.05, 0) is 27.7 Å². The zero-order valence-corrected chi connectivity index (χ0v) is 8.96. The zero-order chi connectivity index (χ0) is 10.6. The fourth-order valence-corrected chi connectivity index (χ4v) is 0.959. The summed E-state index contributed by atoms with van der Waals surface area (Å²) in [6.07, 6.45) is -0.340. The molecular formula is C9H19NO3. The van der Waals surface area contributed by atoms with Gasteiger partial charge >= 0.3 is 5.97 Å². The molecule has 0 rings (SSSR count). The van der Waals surface area contributed by atoms with Crippen LogP contribution in [0.15, 0.2) is 0 Å². The van der Waals surface area contributed by atoms with Crippen LogP contribution in [0.4, 0.5) is 0 Å². The molecule has 4 heteroatoms. The van der Waals surface area contributed by atoms with Gasteiger partial charge in [0.05, 0.1) is 18.8 Å². The number of ether oxygens (including phenoxy) is 2. The molecule has 0 heterocycles. The Hall–Kier alpha value is -0.610. The van der Waals surface area contributed by atoms with Crippen LogP contribution < -0.4 is 5.73 Å². The summed E-state index contributed by atoms with van der Waals surface area (Å²) in [5.41, 5.74) is 5.28. The van der Waals surface area contributed by atoms with Crippen molar-refractivity contribution in [1.29, 1.82) is 0 Å². The van der Waals surface area contributed by atoms with Crippen LogP contribution >= 0.6 is 0 Å². The average Bonchev–Trinajstić information content (AvgIpc) is 1.98. The molecule has 0 aliphatic rings. The monoisotopic (exact) mass is 189 g/mol. The van der Waals surface area contributed by atoms with E-state index in [4.69, 9.17) is 10.5 Å². The summed E-state index contributed by atoms with van der Waals surface area (Å²) >= 11 is 0. The van der Waals surface area contributed by atoms with E-state index in [2.05, 4.69) is 4.74 Å². The fourth-order valence-electron chi connectivity index (χ4n) is 0.959. The molecule has 0 spiro atoms. The summed E-state index contributed by atoms with van der Waals surface area (Å²) in [5, 5.41) is 0. The SMILES string of the molecule is COC(=O)[C@@H](N)C(C)OC(C)(C)C. The highest BCUT2D eigenvalue weighted by Crippen LogP contribution is 2.12. The summed E-state index contributed by atoms with van der Waals surface area (Å²) < 4.78 is 10.0. The van der Waals surface area contributed by atoms with Crippen LogP contribution in [-0.2, 0) is 14.3 Å². The first-order chi connectivity index (χ1) is 5.78. The Kier molecular flexibility index (Phi) is 4.36. The van der Waals surface area contributed by atoms with Gasteiger partial charge in [0.15, 0.2) is 0 Å². The maximum atomic E-state index is 11.0. The quantitative estimate of drug-likeness (QED) is 0.663. The highest BCUT2D eigenvalue weighted by atomic mass is 16.5. The van der Waals surface area contributed by atoms with E-state index >= 15 is 0 Å². The van der Waals surface area contributed by atoms with Gasteiger partial charge in [-0.15, -0.1) is 0 Å². The van der Waals surface area contributed by atoms with E-state index in [1.54, 1.807) is 6.92 Å². The molecule has 0 bridgehead atoms. The molecular weight excluding hydrogens is 170 g/mol. The number of carbonyl (C=O) groups is 1. The van der Waals surface area contributed by atoms with Crippen LogP contribution in [0.5, 0.6) is 0 Å². The Balaban J connectivity index is 4.11. The summed E-state index contributed by atoms with van der Waals surface area (Å²) in [6, 6.07) is -0.718. The van der Waals surface area contributed by atoms with Crippen molar-refractivity contribution in [1.82, 2.24) is 0 Å². The molecule has 4 nitrogen and oxygen atoms in total. The van der Waals surface area contributed by atoms with Crippen molar-refractivity contribution >= 4 is 5.97 Å². The molecule has 0 aromatic carbocycles. The largest absolute Gasteiger partial charge is 0.468 e. The molecule has 0 amide bonds. The number of rotatable bonds is 3. The highest BCUT2D eigenvalue weighted by Gasteiger charge is 2.26. The van der Waals surface area contributed by atoms with Gasteiger partial charge in [0.25, 0.3) is 0 Å². The molecule has 0 aliphatic heterocycles. The van der Waals surface area contributed by atoms with E-state index < -0.39 is 12.0 Å². The molecule has 78 valence electrons. The first kappa shape index (κ1) is 12.4. The van der Waals surface area contributed by atoms with Crippen LogP contribution in [0.3, 0.4) is 0 Å². The second kappa shape index (κ2) is 4.58. The molecule has 1 unspecified atom stereocenters. The number of hydrogen-bond acceptors (Lipinski definition) is 4. The molecule has 2 atom stereocenters. The summed E-state index contributed by atoms with van der Waals surface area (Å²) in [5.74, 6) is -0.447. The van der Waals surface area contributed by atoms with E-state index in [1.807, 2.05) is 20.8 Å². The molecule has 0 aromatic heterocycles. The van der Waals surface area contributed by atoms with Crippen molar-refractivity contribution in [2.75, 3.05) is 7.11 Å². The molecule has 0 saturated heterocycles. The summed E-state index contributed by atoms with van der Waals surface area (Å²) in [6.45, 7) is 7.49. The van der Waals surface area contributed by atoms with Crippen molar-refractivity contribution in [3.05, 3.63) is 0 Å². The number of nitrogens with two attached hydrogens (primary N) is 1. The van der Waals surface area contributed by atoms with Gasteiger partial charge in [0, 0.05) is 0 Å². The molecule has 0 aliphatic carbocycles. The Bertz CT molecular complexity index is 174. The van der Waals surface area contributed by atoms with E-state index in [1.165, 1.54) is 7.11 Å². The van der Waals surface area contributed by atoms with Crippen LogP contribution in [0, 0.1) is 0 Å². The Morgan fingerprint density at radius 1 is 1.38 bits per heavy atom. The van der Waals surface area contributed by atoms with Crippen LogP contribution in [0.1, 0.15) is 27.7 Å². The van der Waals surface area contributed by atoms with E-state index in [0.717, 1.165) is 0 Å². The summed E-state index contributed by atoms with van der Waals surface area (Å²) in [7, 11) is 1.31. The van der Waals surface area contributed by atoms with Gasteiger partial charge in [-0.3, -0.25) is 4.79 Å². The second-order valence-electron chi connectivity index (χ2n) is 3.98. The van der Waals surface area contributed by atoms with Gasteiger partial charge in [0.2, 0.25) is 0 Å². The predicted octanol–water partition coefficient (Wildman–Crippen LogP) is 0.690. The van der Waals surface area contributed by atoms with Gasteiger partial charge in [-0.1, -0.05) is 0 Å². The van der Waals surface area contributed by atoms with Crippen LogP contribution in [0.2, 0.25) is 0 Å². The molecule has 0 saturated carbocycles. The van der Waals surface area contributed by atoms with Gasteiger partial charge < -0.3 is 15.2 Å². The van der Waals surface area contributed by atoms with Gasteiger partial charge in [0.1, 0.15) is 6.04 Å². The Morgan fingerprint density at radius 3 is 2.15 bits per heavy atom. The third-order valence-corrected chi connectivity index (χ3v) is 1.52. The molecule has 0 radical (unpaired) electrons. The van der Waals surface area contributed by atoms with Crippen molar-refractivity contribution in [2.24, 2.45) is 5.73 Å². The molecule has 0 aromatic rings. The Morgan fingerprint density at radius 2 is 1.85 bits per heavy atom. The zero-order valence-electron chi connectivity index (χ0n) is 8.96. The number of hydrogen-bond donors (Lipinski definition) is 1. The maximum absolute atomic E-state index is 11.0. The lowest BCUT2D eigenvalue weighted by Gasteiger charge is -2.27. The average molecular weight is 189 g/mol. The summed E-state index contributed by atoms with van der Waals surface area (Å²) in [4.78, 5) is 11.0. The van der Waals surface area contributed by atoms with E-state index in [9.17, 15) is 4.79 Å². The first-order valence-corrected chi connectivity index (χ1v) is 4.29. The lowest BCUT2D eigenvalue weighted by Crippen LogP contribution is -2.45. The molecule has 2 N–H and O–H groups in total.